The molecule has 2 heteroatoms. The highest BCUT2D eigenvalue weighted by Crippen LogP contribution is 2.11. The molecule has 0 saturated heterocycles. The summed E-state index contributed by atoms with van der Waals surface area (Å²) in [6, 6.07) is 0. The maximum absolute atomic E-state index is 8.86. The molecule has 0 fully saturated rings. The minimum atomic E-state index is 0.274. The molecule has 0 bridgehead atoms. The van der Waals surface area contributed by atoms with Gasteiger partial charge in [-0.1, -0.05) is 0 Å². The number of allylic oxidation sites excluding steroid dienone is 1. The second kappa shape index (κ2) is 1.90. The van der Waals surface area contributed by atoms with E-state index >= 15 is 0 Å². The summed E-state index contributed by atoms with van der Waals surface area (Å²) in [5.41, 5.74) is 0.757. The Hall–Kier alpha value is -0.920. The zero-order chi connectivity index (χ0) is 5.98. The Kier molecular flexibility index (Phi) is 1.24. The molecule has 0 atom stereocenters. The largest absolute Gasteiger partial charge is 0.508 e. The zero-order valence-corrected chi connectivity index (χ0v) is 4.59. The van der Waals surface area contributed by atoms with Crippen molar-refractivity contribution in [2.24, 2.45) is 0 Å². The molecule has 0 spiro atoms. The number of rotatable bonds is 0. The fourth-order valence-corrected chi connectivity index (χ4v) is 0.437. The van der Waals surface area contributed by atoms with Crippen molar-refractivity contribution in [1.82, 2.24) is 0 Å². The van der Waals surface area contributed by atoms with Crippen molar-refractivity contribution in [1.29, 1.82) is 0 Å². The maximum Gasteiger partial charge on any atom is 0.163 e. The second-order valence-corrected chi connectivity index (χ2v) is 1.62. The molecule has 0 amide bonds. The van der Waals surface area contributed by atoms with Gasteiger partial charge in [-0.2, -0.15) is 0 Å². The third-order valence-corrected chi connectivity index (χ3v) is 0.953. The van der Waals surface area contributed by atoms with Gasteiger partial charge in [0.2, 0.25) is 0 Å². The lowest BCUT2D eigenvalue weighted by molar-refractivity contribution is 0.320. The molecule has 0 unspecified atom stereocenters. The van der Waals surface area contributed by atoms with E-state index in [0.717, 1.165) is 5.57 Å². The summed E-state index contributed by atoms with van der Waals surface area (Å²) in [6.07, 6.45) is 2.94. The van der Waals surface area contributed by atoms with E-state index in [9.17, 15) is 0 Å². The van der Waals surface area contributed by atoms with Crippen molar-refractivity contribution < 1.29 is 9.84 Å². The van der Waals surface area contributed by atoms with Gasteiger partial charge in [0, 0.05) is 11.6 Å². The Morgan fingerprint density at radius 2 is 2.38 bits per heavy atom. The predicted octanol–water partition coefficient (Wildman–Crippen LogP) is 1.52. The van der Waals surface area contributed by atoms with Crippen molar-refractivity contribution in [3.8, 4) is 0 Å². The molecule has 43 valence electrons. The molecule has 0 aliphatic carbocycles. The summed E-state index contributed by atoms with van der Waals surface area (Å²) in [4.78, 5) is 0. The Morgan fingerprint density at radius 1 is 1.62 bits per heavy atom. The molecule has 8 heavy (non-hydrogen) atoms. The van der Waals surface area contributed by atoms with Crippen LogP contribution in [0.1, 0.15) is 6.92 Å². The molecule has 1 heterocycles. The van der Waals surface area contributed by atoms with Crippen LogP contribution in [-0.4, -0.2) is 5.11 Å². The van der Waals surface area contributed by atoms with E-state index in [1.54, 1.807) is 6.92 Å². The van der Waals surface area contributed by atoms with E-state index in [-0.39, 0.29) is 5.76 Å². The number of ether oxygens (including phenoxy) is 1. The monoisotopic (exact) mass is 111 g/mol. The van der Waals surface area contributed by atoms with Gasteiger partial charge in [0.1, 0.15) is 5.76 Å². The van der Waals surface area contributed by atoms with Crippen LogP contribution < -0.4 is 0 Å². The predicted molar refractivity (Wildman–Crippen MR) is 29.9 cm³/mol. The van der Waals surface area contributed by atoms with Crippen molar-refractivity contribution in [3.63, 3.8) is 0 Å². The molecule has 1 aliphatic heterocycles. The lowest BCUT2D eigenvalue weighted by Crippen LogP contribution is -1.92. The van der Waals surface area contributed by atoms with Crippen molar-refractivity contribution in [2.75, 3.05) is 0 Å². The van der Waals surface area contributed by atoms with Crippen LogP contribution in [0.2, 0.25) is 0 Å². The number of aliphatic hydroxyl groups excluding tert-OH is 1. The summed E-state index contributed by atoms with van der Waals surface area (Å²) < 4.78 is 4.73. The van der Waals surface area contributed by atoms with E-state index < -0.39 is 0 Å². The van der Waals surface area contributed by atoms with Crippen LogP contribution in [0.15, 0.2) is 23.7 Å². The van der Waals surface area contributed by atoms with Crippen LogP contribution in [0.3, 0.4) is 0 Å². The highest BCUT2D eigenvalue weighted by molar-refractivity contribution is 5.23. The molecule has 0 aromatic rings. The third kappa shape index (κ3) is 0.832. The zero-order valence-electron chi connectivity index (χ0n) is 4.59. The number of aliphatic hydroxyl groups is 1. The molecular weight excluding hydrogens is 104 g/mol. The molecule has 1 radical (unpaired) electrons. The summed E-state index contributed by atoms with van der Waals surface area (Å²) in [5.74, 6) is 0.274. The Labute approximate surface area is 48.1 Å². The Bertz CT molecular complexity index is 145. The van der Waals surface area contributed by atoms with Crippen LogP contribution in [0.25, 0.3) is 0 Å². The van der Waals surface area contributed by atoms with Gasteiger partial charge in [0.15, 0.2) is 6.61 Å². The average Bonchev–Trinajstić information content (AvgIpc) is 1.77. The van der Waals surface area contributed by atoms with Gasteiger partial charge in [-0.3, -0.25) is 0 Å². The second-order valence-electron chi connectivity index (χ2n) is 1.62. The molecule has 1 rings (SSSR count). The van der Waals surface area contributed by atoms with Crippen LogP contribution in [-0.2, 0) is 4.74 Å². The van der Waals surface area contributed by atoms with Crippen LogP contribution >= 0.6 is 0 Å². The molecule has 1 N–H and O–H groups in total. The average molecular weight is 111 g/mol. The highest BCUT2D eigenvalue weighted by atomic mass is 16.5. The third-order valence-electron chi connectivity index (χ3n) is 0.953. The van der Waals surface area contributed by atoms with E-state index in [1.165, 1.54) is 18.9 Å². The fraction of sp³-hybridized carbons (Fsp3) is 0.167. The summed E-state index contributed by atoms with van der Waals surface area (Å²) in [5, 5.41) is 8.86. The van der Waals surface area contributed by atoms with Crippen LogP contribution in [0.5, 0.6) is 0 Å². The fourth-order valence-electron chi connectivity index (χ4n) is 0.437. The minimum Gasteiger partial charge on any atom is -0.508 e. The summed E-state index contributed by atoms with van der Waals surface area (Å²) >= 11 is 0. The van der Waals surface area contributed by atoms with Gasteiger partial charge in [-0.05, 0) is 6.92 Å². The Morgan fingerprint density at radius 3 is 2.75 bits per heavy atom. The summed E-state index contributed by atoms with van der Waals surface area (Å²) in [6.45, 7) is 3.27. The van der Waals surface area contributed by atoms with E-state index in [4.69, 9.17) is 9.84 Å². The Balaban J connectivity index is 2.76. The quantitative estimate of drug-likeness (QED) is 0.513. The first-order chi connectivity index (χ1) is 3.80. The van der Waals surface area contributed by atoms with E-state index in [2.05, 4.69) is 0 Å². The number of hydrogen-bond donors (Lipinski definition) is 1. The van der Waals surface area contributed by atoms with E-state index in [0.29, 0.717) is 0 Å². The molecule has 1 aliphatic rings. The van der Waals surface area contributed by atoms with Gasteiger partial charge >= 0.3 is 0 Å². The van der Waals surface area contributed by atoms with Crippen molar-refractivity contribution in [2.45, 2.75) is 6.92 Å². The molecule has 0 aromatic carbocycles. The SMILES string of the molecule is CC1=C(O)C=CO[CH]1. The van der Waals surface area contributed by atoms with Gasteiger partial charge in [0.25, 0.3) is 0 Å². The first-order valence-corrected chi connectivity index (χ1v) is 2.36. The van der Waals surface area contributed by atoms with Gasteiger partial charge in [-0.15, -0.1) is 0 Å². The first-order valence-electron chi connectivity index (χ1n) is 2.36. The van der Waals surface area contributed by atoms with Crippen molar-refractivity contribution >= 4 is 0 Å². The minimum absolute atomic E-state index is 0.274. The van der Waals surface area contributed by atoms with Crippen LogP contribution in [0, 0.1) is 6.61 Å². The molecule has 0 saturated carbocycles. The molecular formula is C6H7O2. The summed E-state index contributed by atoms with van der Waals surface area (Å²) in [7, 11) is 0. The molecule has 2 nitrogen and oxygen atoms in total. The maximum atomic E-state index is 8.86. The van der Waals surface area contributed by atoms with Gasteiger partial charge in [0.05, 0.1) is 6.26 Å². The van der Waals surface area contributed by atoms with E-state index in [1.807, 2.05) is 0 Å². The standard InChI is InChI=1S/C6H7O2/c1-5-4-8-3-2-6(5)7/h2-4,7H,1H3. The van der Waals surface area contributed by atoms with Gasteiger partial charge in [-0.25, -0.2) is 0 Å². The number of hydrogen-bond acceptors (Lipinski definition) is 2. The lowest BCUT2D eigenvalue weighted by atomic mass is 10.2. The topological polar surface area (TPSA) is 29.5 Å². The highest BCUT2D eigenvalue weighted by Gasteiger charge is 2.00. The molecule has 0 aromatic heterocycles. The lowest BCUT2D eigenvalue weighted by Gasteiger charge is -2.05. The smallest absolute Gasteiger partial charge is 0.163 e. The van der Waals surface area contributed by atoms with Gasteiger partial charge < -0.3 is 9.84 Å². The van der Waals surface area contributed by atoms with Crippen LogP contribution in [0.4, 0.5) is 0 Å². The van der Waals surface area contributed by atoms with Crippen molar-refractivity contribution in [3.05, 3.63) is 30.3 Å². The normalized spacial score (nSPS) is 18.6. The first kappa shape index (κ1) is 5.22.